The van der Waals surface area contributed by atoms with E-state index < -0.39 is 7.12 Å². The lowest BCUT2D eigenvalue weighted by Gasteiger charge is -1.85. The number of hydrogen-bond acceptors (Lipinski definition) is 5. The summed E-state index contributed by atoms with van der Waals surface area (Å²) in [6, 6.07) is 47.5. The predicted molar refractivity (Wildman–Crippen MR) is 222 cm³/mol. The highest BCUT2D eigenvalue weighted by Gasteiger charge is 1.86. The maximum atomic E-state index is 7.61. The molecule has 6 rings (SSSR count). The lowest BCUT2D eigenvalue weighted by atomic mass is 9.99. The van der Waals surface area contributed by atoms with E-state index in [1.54, 1.807) is 18.6 Å². The predicted octanol–water partition coefficient (Wildman–Crippen LogP) is 11.3. The molecule has 2 N–H and O–H groups in total. The first-order valence-electron chi connectivity index (χ1n) is 15.4. The molecule has 0 unspecified atom stereocenters. The van der Waals surface area contributed by atoms with Gasteiger partial charge < -0.3 is 10.0 Å². The molecular formula is C43H51BBrN3O2. The number of rotatable bonds is 3. The van der Waals surface area contributed by atoms with Crippen LogP contribution < -0.4 is 0 Å². The molecule has 0 saturated carbocycles. The Hall–Kier alpha value is -5.21. The molecule has 3 heterocycles. The van der Waals surface area contributed by atoms with Gasteiger partial charge in [0, 0.05) is 30.0 Å². The normalized spacial score (nSPS) is 8.28. The molecular weight excluding hydrogens is 681 g/mol. The number of aromatic nitrogens is 3. The Balaban J connectivity index is 0. The van der Waals surface area contributed by atoms with E-state index in [4.69, 9.17) is 10.0 Å². The van der Waals surface area contributed by atoms with Crippen molar-refractivity contribution >= 4 is 41.3 Å². The molecule has 5 nitrogen and oxygen atoms in total. The van der Waals surface area contributed by atoms with Crippen LogP contribution in [0.5, 0.6) is 0 Å². The molecule has 7 heteroatoms. The van der Waals surface area contributed by atoms with Gasteiger partial charge >= 0.3 is 7.12 Å². The van der Waals surface area contributed by atoms with Crippen molar-refractivity contribution in [2.75, 3.05) is 0 Å². The minimum absolute atomic E-state index is 0. The van der Waals surface area contributed by atoms with Crippen LogP contribution in [0.1, 0.15) is 35.5 Å². The topological polar surface area (TPSA) is 79.1 Å². The van der Waals surface area contributed by atoms with Crippen molar-refractivity contribution in [1.82, 2.24) is 15.0 Å². The summed E-state index contributed by atoms with van der Waals surface area (Å²) in [6.45, 7) is 16.1. The third kappa shape index (κ3) is 31.4. The number of hydrogen-bond donors (Lipinski definition) is 2. The molecule has 0 atom stereocenters. The number of halogens is 1. The first-order chi connectivity index (χ1) is 23.7. The second kappa shape index (κ2) is 33.7. The fourth-order valence-corrected chi connectivity index (χ4v) is 3.28. The molecule has 0 fully saturated rings. The van der Waals surface area contributed by atoms with Crippen molar-refractivity contribution in [2.45, 2.75) is 28.1 Å². The van der Waals surface area contributed by atoms with E-state index >= 15 is 0 Å². The fourth-order valence-electron chi connectivity index (χ4n) is 3.01. The third-order valence-electron chi connectivity index (χ3n) is 5.36. The number of benzene rings is 3. The van der Waals surface area contributed by atoms with Gasteiger partial charge in [0.1, 0.15) is 4.60 Å². The maximum Gasteiger partial charge on any atom is 0.448 e. The highest BCUT2D eigenvalue weighted by atomic mass is 79.9. The quantitative estimate of drug-likeness (QED) is 0.140. The van der Waals surface area contributed by atoms with Crippen molar-refractivity contribution in [1.29, 1.82) is 0 Å². The largest absolute Gasteiger partial charge is 0.448 e. The van der Waals surface area contributed by atoms with E-state index in [1.807, 2.05) is 178 Å². The van der Waals surface area contributed by atoms with Gasteiger partial charge in [0.15, 0.2) is 0 Å². The van der Waals surface area contributed by atoms with E-state index in [0.717, 1.165) is 16.0 Å². The van der Waals surface area contributed by atoms with Crippen LogP contribution in [0, 0.1) is 13.8 Å². The SMILES string of the molecule is Brc1ccccn1.C.C=Cc1ccccc1.C=Cc1ccccc1.C=Cc1ccccc1.CB(O)O.Cc1ccccn1.Cc1ccccn1. The van der Waals surface area contributed by atoms with Gasteiger partial charge in [-0.25, -0.2) is 4.98 Å². The van der Waals surface area contributed by atoms with Gasteiger partial charge in [0.2, 0.25) is 0 Å². The summed E-state index contributed by atoms with van der Waals surface area (Å²) in [5.41, 5.74) is 5.66. The van der Waals surface area contributed by atoms with Gasteiger partial charge in [-0.2, -0.15) is 0 Å². The monoisotopic (exact) mass is 731 g/mol. The Labute approximate surface area is 309 Å². The molecule has 0 aliphatic rings. The summed E-state index contributed by atoms with van der Waals surface area (Å²) in [7, 11) is -1.17. The van der Waals surface area contributed by atoms with E-state index in [-0.39, 0.29) is 7.43 Å². The number of aryl methyl sites for hydroxylation is 2. The Morgan fingerprint density at radius 1 is 0.480 bits per heavy atom. The molecule has 6 aromatic rings. The Kier molecular flexibility index (Phi) is 31.6. The van der Waals surface area contributed by atoms with Crippen molar-refractivity contribution < 1.29 is 10.0 Å². The Morgan fingerprint density at radius 2 is 0.740 bits per heavy atom. The molecule has 0 aliphatic heterocycles. The van der Waals surface area contributed by atoms with Gasteiger partial charge in [-0.15, -0.1) is 0 Å². The zero-order chi connectivity index (χ0) is 36.4. The molecule has 3 aromatic heterocycles. The van der Waals surface area contributed by atoms with Crippen LogP contribution >= 0.6 is 15.9 Å². The lowest BCUT2D eigenvalue weighted by Crippen LogP contribution is -2.00. The average Bonchev–Trinajstić information content (AvgIpc) is 3.15. The average molecular weight is 733 g/mol. The summed E-state index contributed by atoms with van der Waals surface area (Å²) >= 11 is 3.20. The zero-order valence-electron chi connectivity index (χ0n) is 28.6. The summed E-state index contributed by atoms with van der Waals surface area (Å²) in [6.07, 6.45) is 10.8. The molecule has 3 aromatic carbocycles. The van der Waals surface area contributed by atoms with Crippen LogP contribution in [0.2, 0.25) is 6.82 Å². The standard InChI is InChI=1S/3C8H8.2C6H7N.C5H4BrN.CH5BO2.CH4/c3*1-2-8-6-4-3-5-7-8;2*1-6-4-2-3-5-7-6;6-5-3-1-2-4-7-5;1-2(3)4;/h3*2-7H,1H2;2*2-5H,1H3;1-4H;3-4H,1H3;1H4. The van der Waals surface area contributed by atoms with Crippen LogP contribution in [0.4, 0.5) is 0 Å². The van der Waals surface area contributed by atoms with Gasteiger partial charge in [0.25, 0.3) is 0 Å². The smallest absolute Gasteiger partial charge is 0.427 e. The Morgan fingerprint density at radius 3 is 0.860 bits per heavy atom. The minimum Gasteiger partial charge on any atom is -0.427 e. The highest BCUT2D eigenvalue weighted by molar-refractivity contribution is 9.10. The second-order valence-corrected chi connectivity index (χ2v) is 10.4. The third-order valence-corrected chi connectivity index (χ3v) is 5.83. The number of nitrogens with zero attached hydrogens (tertiary/aromatic N) is 3. The van der Waals surface area contributed by atoms with Gasteiger partial charge in [-0.05, 0) is 89.7 Å². The van der Waals surface area contributed by atoms with Gasteiger partial charge in [0.05, 0.1) is 0 Å². The van der Waals surface area contributed by atoms with E-state index in [2.05, 4.69) is 50.6 Å². The van der Waals surface area contributed by atoms with E-state index in [0.29, 0.717) is 0 Å². The molecule has 0 spiro atoms. The lowest BCUT2D eigenvalue weighted by molar-refractivity contribution is 0.417. The van der Waals surface area contributed by atoms with Crippen LogP contribution in [0.25, 0.3) is 18.2 Å². The number of pyridine rings is 3. The van der Waals surface area contributed by atoms with Crippen LogP contribution in [-0.4, -0.2) is 32.1 Å². The van der Waals surface area contributed by atoms with E-state index in [1.165, 1.54) is 23.5 Å². The van der Waals surface area contributed by atoms with Crippen LogP contribution in [-0.2, 0) is 0 Å². The minimum atomic E-state index is -1.17. The molecule has 0 saturated heterocycles. The van der Waals surface area contributed by atoms with Crippen molar-refractivity contribution in [2.24, 2.45) is 0 Å². The molecule has 0 aliphatic carbocycles. The maximum absolute atomic E-state index is 7.61. The first-order valence-corrected chi connectivity index (χ1v) is 16.2. The summed E-state index contributed by atoms with van der Waals surface area (Å²) in [4.78, 5) is 11.9. The molecule has 260 valence electrons. The molecule has 0 radical (unpaired) electrons. The summed E-state index contributed by atoms with van der Waals surface area (Å²) in [5.74, 6) is 0. The Bertz CT molecular complexity index is 1400. The van der Waals surface area contributed by atoms with Crippen molar-refractivity contribution in [3.05, 3.63) is 217 Å². The first kappa shape index (κ1) is 46.9. The van der Waals surface area contributed by atoms with Crippen molar-refractivity contribution in [3.8, 4) is 0 Å². The molecule has 0 amide bonds. The second-order valence-electron chi connectivity index (χ2n) is 9.57. The summed E-state index contributed by atoms with van der Waals surface area (Å²) < 4.78 is 0.884. The van der Waals surface area contributed by atoms with Crippen molar-refractivity contribution in [3.63, 3.8) is 0 Å². The van der Waals surface area contributed by atoms with Crippen LogP contribution in [0.15, 0.2) is 189 Å². The fraction of sp³-hybridized carbons (Fsp3) is 0.0930. The molecule has 0 bridgehead atoms. The molecule has 50 heavy (non-hydrogen) atoms. The zero-order valence-corrected chi connectivity index (χ0v) is 30.2. The van der Waals surface area contributed by atoms with Gasteiger partial charge in [-0.1, -0.05) is 155 Å². The van der Waals surface area contributed by atoms with Gasteiger partial charge in [-0.3, -0.25) is 9.97 Å². The van der Waals surface area contributed by atoms with Crippen LogP contribution in [0.3, 0.4) is 0 Å². The highest BCUT2D eigenvalue weighted by Crippen LogP contribution is 2.01. The van der Waals surface area contributed by atoms with E-state index in [9.17, 15) is 0 Å². The summed E-state index contributed by atoms with van der Waals surface area (Å²) in [5, 5.41) is 15.2.